The van der Waals surface area contributed by atoms with Gasteiger partial charge in [-0.3, -0.25) is 14.9 Å². The van der Waals surface area contributed by atoms with Gasteiger partial charge in [0.1, 0.15) is 11.6 Å². The van der Waals surface area contributed by atoms with Crippen LogP contribution in [0, 0.1) is 21.4 Å². The molecule has 0 saturated carbocycles. The second kappa shape index (κ2) is 6.96. The lowest BCUT2D eigenvalue weighted by molar-refractivity contribution is -0.385. The zero-order valence-electron chi connectivity index (χ0n) is 10.5. The van der Waals surface area contributed by atoms with Gasteiger partial charge in [0.05, 0.1) is 11.5 Å². The van der Waals surface area contributed by atoms with Gasteiger partial charge in [-0.25, -0.2) is 0 Å². The summed E-state index contributed by atoms with van der Waals surface area (Å²) in [6, 6.07) is 5.87. The SMILES string of the molecule is CCCNC(=O)CNc1ccc(C#N)c([N+](=O)[O-])c1. The second-order valence-corrected chi connectivity index (χ2v) is 3.80. The van der Waals surface area contributed by atoms with Gasteiger partial charge in [0.15, 0.2) is 0 Å². The van der Waals surface area contributed by atoms with Crippen molar-refractivity contribution in [3.8, 4) is 6.07 Å². The minimum Gasteiger partial charge on any atom is -0.376 e. The lowest BCUT2D eigenvalue weighted by atomic mass is 10.2. The highest BCUT2D eigenvalue weighted by Gasteiger charge is 2.14. The van der Waals surface area contributed by atoms with Crippen LogP contribution in [0.3, 0.4) is 0 Å². The van der Waals surface area contributed by atoms with Crippen LogP contribution in [0.5, 0.6) is 0 Å². The van der Waals surface area contributed by atoms with E-state index in [4.69, 9.17) is 5.26 Å². The van der Waals surface area contributed by atoms with Crippen LogP contribution in [-0.2, 0) is 4.79 Å². The smallest absolute Gasteiger partial charge is 0.289 e. The molecule has 0 spiro atoms. The molecule has 2 N–H and O–H groups in total. The van der Waals surface area contributed by atoms with Gasteiger partial charge in [0.2, 0.25) is 5.91 Å². The fourth-order valence-corrected chi connectivity index (χ4v) is 1.40. The number of nitrogens with one attached hydrogen (secondary N) is 2. The molecular formula is C12H14N4O3. The van der Waals surface area contributed by atoms with Crippen molar-refractivity contribution in [2.75, 3.05) is 18.4 Å². The minimum atomic E-state index is -0.624. The fourth-order valence-electron chi connectivity index (χ4n) is 1.40. The topological polar surface area (TPSA) is 108 Å². The molecule has 100 valence electrons. The van der Waals surface area contributed by atoms with Gasteiger partial charge >= 0.3 is 0 Å². The van der Waals surface area contributed by atoms with Crippen molar-refractivity contribution in [2.24, 2.45) is 0 Å². The Morgan fingerprint density at radius 1 is 1.53 bits per heavy atom. The third-order valence-electron chi connectivity index (χ3n) is 2.34. The van der Waals surface area contributed by atoms with E-state index in [1.165, 1.54) is 18.2 Å². The number of hydrogen-bond donors (Lipinski definition) is 2. The van der Waals surface area contributed by atoms with Crippen LogP contribution in [0.4, 0.5) is 11.4 Å². The van der Waals surface area contributed by atoms with E-state index in [2.05, 4.69) is 10.6 Å². The molecule has 7 nitrogen and oxygen atoms in total. The predicted molar refractivity (Wildman–Crippen MR) is 69.6 cm³/mol. The van der Waals surface area contributed by atoms with E-state index < -0.39 is 4.92 Å². The molecule has 1 amide bonds. The Bertz CT molecular complexity index is 522. The minimum absolute atomic E-state index is 0.00835. The number of anilines is 1. The predicted octanol–water partition coefficient (Wildman–Crippen LogP) is 1.40. The van der Waals surface area contributed by atoms with E-state index in [0.717, 1.165) is 6.42 Å². The standard InChI is InChI=1S/C12H14N4O3/c1-2-5-14-12(17)8-15-10-4-3-9(7-13)11(6-10)16(18)19/h3-4,6,15H,2,5,8H2,1H3,(H,14,17). The number of nitro groups is 1. The Hall–Kier alpha value is -2.62. The fraction of sp³-hybridized carbons (Fsp3) is 0.333. The van der Waals surface area contributed by atoms with Crippen molar-refractivity contribution in [3.05, 3.63) is 33.9 Å². The third kappa shape index (κ3) is 4.27. The number of carbonyl (C=O) groups excluding carboxylic acids is 1. The maximum atomic E-state index is 11.4. The highest BCUT2D eigenvalue weighted by molar-refractivity contribution is 5.80. The van der Waals surface area contributed by atoms with Gasteiger partial charge in [-0.1, -0.05) is 6.92 Å². The normalized spacial score (nSPS) is 9.47. The first-order chi connectivity index (χ1) is 9.08. The average Bonchev–Trinajstić information content (AvgIpc) is 2.42. The van der Waals surface area contributed by atoms with Gasteiger partial charge < -0.3 is 10.6 Å². The van der Waals surface area contributed by atoms with Gasteiger partial charge in [0.25, 0.3) is 5.69 Å². The number of nitro benzene ring substituents is 1. The van der Waals surface area contributed by atoms with Crippen LogP contribution < -0.4 is 10.6 Å². The lowest BCUT2D eigenvalue weighted by Crippen LogP contribution is -2.30. The van der Waals surface area contributed by atoms with Crippen LogP contribution in [0.15, 0.2) is 18.2 Å². The number of nitriles is 1. The molecule has 1 aromatic rings. The van der Waals surface area contributed by atoms with Crippen molar-refractivity contribution in [3.63, 3.8) is 0 Å². The summed E-state index contributed by atoms with van der Waals surface area (Å²) in [7, 11) is 0. The summed E-state index contributed by atoms with van der Waals surface area (Å²) >= 11 is 0. The largest absolute Gasteiger partial charge is 0.376 e. The van der Waals surface area contributed by atoms with Crippen molar-refractivity contribution in [2.45, 2.75) is 13.3 Å². The zero-order chi connectivity index (χ0) is 14.3. The Morgan fingerprint density at radius 3 is 2.84 bits per heavy atom. The van der Waals surface area contributed by atoms with Crippen molar-refractivity contribution in [1.82, 2.24) is 5.32 Å². The van der Waals surface area contributed by atoms with E-state index in [0.29, 0.717) is 12.2 Å². The summed E-state index contributed by atoms with van der Waals surface area (Å²) in [5.74, 6) is -0.186. The molecule has 0 fully saturated rings. The Kier molecular flexibility index (Phi) is 5.29. The number of benzene rings is 1. The summed E-state index contributed by atoms with van der Waals surface area (Å²) < 4.78 is 0. The molecule has 0 radical (unpaired) electrons. The summed E-state index contributed by atoms with van der Waals surface area (Å²) in [5, 5.41) is 24.9. The molecule has 0 aliphatic carbocycles. The highest BCUT2D eigenvalue weighted by Crippen LogP contribution is 2.22. The molecule has 19 heavy (non-hydrogen) atoms. The maximum Gasteiger partial charge on any atom is 0.289 e. The van der Waals surface area contributed by atoms with Gasteiger partial charge in [0, 0.05) is 18.3 Å². The number of rotatable bonds is 6. The van der Waals surface area contributed by atoms with Crippen LogP contribution in [-0.4, -0.2) is 23.9 Å². The van der Waals surface area contributed by atoms with Crippen LogP contribution in [0.1, 0.15) is 18.9 Å². The maximum absolute atomic E-state index is 11.4. The van der Waals surface area contributed by atoms with E-state index in [9.17, 15) is 14.9 Å². The molecule has 7 heteroatoms. The molecular weight excluding hydrogens is 248 g/mol. The molecule has 0 heterocycles. The Morgan fingerprint density at radius 2 is 2.26 bits per heavy atom. The van der Waals surface area contributed by atoms with Crippen molar-refractivity contribution >= 4 is 17.3 Å². The third-order valence-corrected chi connectivity index (χ3v) is 2.34. The average molecular weight is 262 g/mol. The second-order valence-electron chi connectivity index (χ2n) is 3.80. The number of nitrogens with zero attached hydrogens (tertiary/aromatic N) is 2. The van der Waals surface area contributed by atoms with E-state index in [1.54, 1.807) is 6.07 Å². The first kappa shape index (κ1) is 14.4. The summed E-state index contributed by atoms with van der Waals surface area (Å²) in [4.78, 5) is 21.5. The quantitative estimate of drug-likeness (QED) is 0.595. The lowest BCUT2D eigenvalue weighted by Gasteiger charge is -2.07. The summed E-state index contributed by atoms with van der Waals surface area (Å²) in [5.41, 5.74) is 0.143. The highest BCUT2D eigenvalue weighted by atomic mass is 16.6. The first-order valence-electron chi connectivity index (χ1n) is 5.77. The molecule has 1 aromatic carbocycles. The molecule has 0 bridgehead atoms. The molecule has 0 unspecified atom stereocenters. The van der Waals surface area contributed by atoms with Crippen molar-refractivity contribution < 1.29 is 9.72 Å². The molecule has 1 rings (SSSR count). The van der Waals surface area contributed by atoms with Gasteiger partial charge in [-0.2, -0.15) is 5.26 Å². The zero-order valence-corrected chi connectivity index (χ0v) is 10.5. The van der Waals surface area contributed by atoms with E-state index >= 15 is 0 Å². The molecule has 0 aliphatic rings. The van der Waals surface area contributed by atoms with E-state index in [1.807, 2.05) is 6.92 Å². The van der Waals surface area contributed by atoms with E-state index in [-0.39, 0.29) is 23.7 Å². The number of hydrogen-bond acceptors (Lipinski definition) is 5. The molecule has 0 atom stereocenters. The Balaban J connectivity index is 2.70. The summed E-state index contributed by atoms with van der Waals surface area (Å²) in [6.07, 6.45) is 0.841. The van der Waals surface area contributed by atoms with Crippen molar-refractivity contribution in [1.29, 1.82) is 5.26 Å². The van der Waals surface area contributed by atoms with Crippen LogP contribution in [0.2, 0.25) is 0 Å². The molecule has 0 aromatic heterocycles. The number of carbonyl (C=O) groups is 1. The number of amides is 1. The Labute approximate surface area is 110 Å². The summed E-state index contributed by atoms with van der Waals surface area (Å²) in [6.45, 7) is 2.56. The monoisotopic (exact) mass is 262 g/mol. The molecule has 0 saturated heterocycles. The van der Waals surface area contributed by atoms with Crippen LogP contribution >= 0.6 is 0 Å². The molecule has 0 aliphatic heterocycles. The van der Waals surface area contributed by atoms with Gasteiger partial charge in [-0.05, 0) is 18.6 Å². The van der Waals surface area contributed by atoms with Gasteiger partial charge in [-0.15, -0.1) is 0 Å². The first-order valence-corrected chi connectivity index (χ1v) is 5.77. The van der Waals surface area contributed by atoms with Crippen LogP contribution in [0.25, 0.3) is 0 Å².